The Morgan fingerprint density at radius 3 is 2.14 bits per heavy atom. The lowest BCUT2D eigenvalue weighted by molar-refractivity contribution is 0.483. The van der Waals surface area contributed by atoms with Crippen LogP contribution >= 0.6 is 0 Å². The monoisotopic (exact) mass is 303 g/mol. The molecule has 0 heterocycles. The first-order valence-electron chi connectivity index (χ1n) is 5.64. The van der Waals surface area contributed by atoms with E-state index >= 15 is 0 Å². The summed E-state index contributed by atoms with van der Waals surface area (Å²) in [5.74, 6) is 0. The summed E-state index contributed by atoms with van der Waals surface area (Å²) in [6, 6.07) is 11.8. The van der Waals surface area contributed by atoms with Gasteiger partial charge in [0.15, 0.2) is 0 Å². The van der Waals surface area contributed by atoms with Gasteiger partial charge >= 0.3 is 0 Å². The number of hydrogen-bond donors (Lipinski definition) is 1. The Morgan fingerprint density at radius 1 is 0.952 bits per heavy atom. The van der Waals surface area contributed by atoms with Crippen molar-refractivity contribution in [2.24, 2.45) is 15.3 Å². The summed E-state index contributed by atoms with van der Waals surface area (Å²) in [5.41, 5.74) is 9.54. The third-order valence-corrected chi connectivity index (χ3v) is 3.31. The maximum atomic E-state index is 10.9. The van der Waals surface area contributed by atoms with Gasteiger partial charge in [-0.2, -0.15) is 18.6 Å². The molecule has 8 nitrogen and oxygen atoms in total. The third kappa shape index (κ3) is 3.86. The second-order valence-electron chi connectivity index (χ2n) is 3.85. The Bertz CT molecular complexity index is 824. The van der Waals surface area contributed by atoms with Crippen LogP contribution in [0.15, 0.2) is 68.8 Å². The minimum atomic E-state index is -4.23. The molecule has 9 heteroatoms. The molecule has 0 atom stereocenters. The van der Waals surface area contributed by atoms with Gasteiger partial charge in [0.25, 0.3) is 10.1 Å². The number of rotatable bonds is 4. The summed E-state index contributed by atoms with van der Waals surface area (Å²) in [6.07, 6.45) is 0. The fraction of sp³-hybridized carbons (Fsp3) is 0. The molecule has 0 saturated carbocycles. The van der Waals surface area contributed by atoms with Gasteiger partial charge in [-0.1, -0.05) is 23.3 Å². The lowest BCUT2D eigenvalue weighted by Crippen LogP contribution is -1.96. The van der Waals surface area contributed by atoms with Gasteiger partial charge in [0.2, 0.25) is 0 Å². The van der Waals surface area contributed by atoms with E-state index < -0.39 is 10.1 Å². The molecule has 1 N–H and O–H groups in total. The van der Waals surface area contributed by atoms with Crippen LogP contribution in [0.1, 0.15) is 0 Å². The molecular formula is C12H9N5O3S. The molecule has 0 aliphatic heterocycles. The largest absolute Gasteiger partial charge is 0.294 e. The molecule has 0 aliphatic rings. The van der Waals surface area contributed by atoms with E-state index in [4.69, 9.17) is 10.1 Å². The van der Waals surface area contributed by atoms with E-state index in [0.29, 0.717) is 17.1 Å². The quantitative estimate of drug-likeness (QED) is 0.391. The van der Waals surface area contributed by atoms with E-state index in [-0.39, 0.29) is 4.90 Å². The second kappa shape index (κ2) is 6.14. The molecular weight excluding hydrogens is 294 g/mol. The fourth-order valence-corrected chi connectivity index (χ4v) is 1.96. The van der Waals surface area contributed by atoms with Gasteiger partial charge in [0, 0.05) is 4.91 Å². The first-order chi connectivity index (χ1) is 10.0. The first-order valence-corrected chi connectivity index (χ1v) is 7.08. The van der Waals surface area contributed by atoms with Gasteiger partial charge in [0.05, 0.1) is 22.0 Å². The summed E-state index contributed by atoms with van der Waals surface area (Å²) in [7, 11) is -4.23. The van der Waals surface area contributed by atoms with Crippen LogP contribution in [0.4, 0.5) is 17.1 Å². The van der Waals surface area contributed by atoms with Crippen molar-refractivity contribution in [1.29, 1.82) is 0 Å². The van der Waals surface area contributed by atoms with E-state index in [0.717, 1.165) is 0 Å². The highest BCUT2D eigenvalue weighted by atomic mass is 32.2. The molecule has 2 aromatic rings. The maximum absolute atomic E-state index is 10.9. The summed E-state index contributed by atoms with van der Waals surface area (Å²) in [5, 5.41) is 11.3. The molecule has 0 aromatic heterocycles. The second-order valence-corrected chi connectivity index (χ2v) is 5.27. The number of nitrogens with zero attached hydrogens (tertiary/aromatic N) is 5. The highest BCUT2D eigenvalue weighted by Crippen LogP contribution is 2.29. The van der Waals surface area contributed by atoms with Crippen LogP contribution in [0.5, 0.6) is 0 Å². The Balaban J connectivity index is 2.28. The van der Waals surface area contributed by atoms with Gasteiger partial charge in [-0.05, 0) is 35.9 Å². The standard InChI is InChI=1S/C12H9N5O3S/c13-17-16-12-4-2-1-3-11(12)15-14-9-5-7-10(8-6-9)21(18,19)20/h1-8H,(H,18,19,20). The van der Waals surface area contributed by atoms with Crippen LogP contribution in [-0.4, -0.2) is 13.0 Å². The first kappa shape index (κ1) is 14.7. The zero-order valence-corrected chi connectivity index (χ0v) is 11.3. The highest BCUT2D eigenvalue weighted by Gasteiger charge is 2.08. The number of hydrogen-bond acceptors (Lipinski definition) is 5. The zero-order valence-electron chi connectivity index (χ0n) is 10.5. The molecule has 2 rings (SSSR count). The number of azo groups is 1. The topological polar surface area (TPSA) is 128 Å². The van der Waals surface area contributed by atoms with Gasteiger partial charge in [0.1, 0.15) is 0 Å². The smallest absolute Gasteiger partial charge is 0.282 e. The molecule has 0 radical (unpaired) electrons. The van der Waals surface area contributed by atoms with Crippen molar-refractivity contribution in [3.05, 3.63) is 59.0 Å². The summed E-state index contributed by atoms with van der Waals surface area (Å²) < 4.78 is 30.6. The van der Waals surface area contributed by atoms with Crippen molar-refractivity contribution in [3.8, 4) is 0 Å². The van der Waals surface area contributed by atoms with Crippen molar-refractivity contribution in [1.82, 2.24) is 0 Å². The predicted octanol–water partition coefficient (Wildman–Crippen LogP) is 4.29. The highest BCUT2D eigenvalue weighted by molar-refractivity contribution is 7.85. The van der Waals surface area contributed by atoms with E-state index in [1.54, 1.807) is 24.3 Å². The SMILES string of the molecule is [N-]=[N+]=Nc1ccccc1N=Nc1ccc(S(=O)(=O)O)cc1. The molecule has 0 spiro atoms. The van der Waals surface area contributed by atoms with Crippen LogP contribution in [0.25, 0.3) is 10.4 Å². The number of benzene rings is 2. The molecule has 0 aliphatic carbocycles. The molecule has 0 unspecified atom stereocenters. The van der Waals surface area contributed by atoms with E-state index in [1.807, 2.05) is 0 Å². The minimum Gasteiger partial charge on any atom is -0.282 e. The molecule has 0 saturated heterocycles. The van der Waals surface area contributed by atoms with Crippen molar-refractivity contribution in [2.45, 2.75) is 4.90 Å². The van der Waals surface area contributed by atoms with Gasteiger partial charge in [-0.3, -0.25) is 4.55 Å². The zero-order chi connectivity index (χ0) is 15.3. The van der Waals surface area contributed by atoms with Crippen molar-refractivity contribution < 1.29 is 13.0 Å². The Hall–Kier alpha value is -2.74. The van der Waals surface area contributed by atoms with Crippen molar-refractivity contribution >= 4 is 27.2 Å². The van der Waals surface area contributed by atoms with Crippen molar-refractivity contribution in [2.75, 3.05) is 0 Å². The molecule has 0 amide bonds. The maximum Gasteiger partial charge on any atom is 0.294 e. The van der Waals surface area contributed by atoms with Crippen molar-refractivity contribution in [3.63, 3.8) is 0 Å². The van der Waals surface area contributed by atoms with E-state index in [1.165, 1.54) is 24.3 Å². The summed E-state index contributed by atoms with van der Waals surface area (Å²) in [6.45, 7) is 0. The molecule has 0 fully saturated rings. The van der Waals surface area contributed by atoms with Crippen LogP contribution in [0.3, 0.4) is 0 Å². The van der Waals surface area contributed by atoms with E-state index in [2.05, 4.69) is 20.3 Å². The predicted molar refractivity (Wildman–Crippen MR) is 75.7 cm³/mol. The molecule has 2 aromatic carbocycles. The third-order valence-electron chi connectivity index (χ3n) is 2.44. The van der Waals surface area contributed by atoms with Crippen LogP contribution in [0, 0.1) is 0 Å². The Labute approximate surface area is 120 Å². The van der Waals surface area contributed by atoms with E-state index in [9.17, 15) is 8.42 Å². The Kier molecular flexibility index (Phi) is 4.29. The van der Waals surface area contributed by atoms with Gasteiger partial charge in [-0.25, -0.2) is 0 Å². The number of azide groups is 1. The normalized spacial score (nSPS) is 11.3. The average molecular weight is 303 g/mol. The summed E-state index contributed by atoms with van der Waals surface area (Å²) >= 11 is 0. The van der Waals surface area contributed by atoms with Crippen LogP contribution in [0.2, 0.25) is 0 Å². The Morgan fingerprint density at radius 2 is 1.57 bits per heavy atom. The minimum absolute atomic E-state index is 0.226. The fourth-order valence-electron chi connectivity index (χ4n) is 1.48. The van der Waals surface area contributed by atoms with Crippen LogP contribution < -0.4 is 0 Å². The average Bonchev–Trinajstić information content (AvgIpc) is 2.46. The molecule has 21 heavy (non-hydrogen) atoms. The van der Waals surface area contributed by atoms with Gasteiger partial charge < -0.3 is 0 Å². The molecule has 106 valence electrons. The molecule has 0 bridgehead atoms. The van der Waals surface area contributed by atoms with Gasteiger partial charge in [-0.15, -0.1) is 0 Å². The summed E-state index contributed by atoms with van der Waals surface area (Å²) in [4.78, 5) is 2.46. The lowest BCUT2D eigenvalue weighted by Gasteiger charge is -1.98. The lowest BCUT2D eigenvalue weighted by atomic mass is 10.3. The van der Waals surface area contributed by atoms with Crippen LogP contribution in [-0.2, 0) is 10.1 Å².